The lowest BCUT2D eigenvalue weighted by molar-refractivity contribution is 1.03. The molecule has 2 nitrogen and oxygen atoms in total. The van der Waals surface area contributed by atoms with Gasteiger partial charge in [0.05, 0.1) is 0 Å². The first-order chi connectivity index (χ1) is 5.38. The van der Waals surface area contributed by atoms with E-state index in [0.717, 1.165) is 22.2 Å². The molecule has 0 radical (unpaired) electrons. The molecule has 56 valence electrons. The molecule has 0 aliphatic rings. The van der Waals surface area contributed by atoms with E-state index < -0.39 is 0 Å². The number of rotatable bonds is 2. The molecule has 0 fully saturated rings. The zero-order chi connectivity index (χ0) is 8.10. The van der Waals surface area contributed by atoms with Crippen molar-refractivity contribution in [2.45, 2.75) is 11.4 Å². The van der Waals surface area contributed by atoms with E-state index in [1.54, 1.807) is 0 Å². The summed E-state index contributed by atoms with van der Waals surface area (Å²) in [6.07, 6.45) is 0. The van der Waals surface area contributed by atoms with E-state index >= 15 is 0 Å². The molecule has 0 bridgehead atoms. The number of benzene rings is 1. The molecular formula is C8H8N2S. The van der Waals surface area contributed by atoms with Crippen LogP contribution in [-0.4, -0.2) is 0 Å². The summed E-state index contributed by atoms with van der Waals surface area (Å²) in [5.41, 5.74) is 6.49. The van der Waals surface area contributed by atoms with Crippen LogP contribution in [0, 0.1) is 10.7 Å². The van der Waals surface area contributed by atoms with Gasteiger partial charge in [0.1, 0.15) is 5.40 Å². The number of thioether (sulfide) groups is 1. The molecule has 1 aromatic carbocycles. The molecule has 1 aromatic rings. The number of hydrogen-bond donors (Lipinski definition) is 1. The molecular weight excluding hydrogens is 156 g/mol. The lowest BCUT2D eigenvalue weighted by atomic mass is 10.2. The van der Waals surface area contributed by atoms with Gasteiger partial charge in [0.15, 0.2) is 0 Å². The molecule has 2 N–H and O–H groups in total. The molecule has 0 saturated heterocycles. The van der Waals surface area contributed by atoms with E-state index in [-0.39, 0.29) is 0 Å². The van der Waals surface area contributed by atoms with Gasteiger partial charge >= 0.3 is 0 Å². The van der Waals surface area contributed by atoms with Gasteiger partial charge in [-0.05, 0) is 23.4 Å². The molecule has 3 heteroatoms. The molecule has 0 aliphatic carbocycles. The van der Waals surface area contributed by atoms with E-state index in [4.69, 9.17) is 11.0 Å². The van der Waals surface area contributed by atoms with Crippen LogP contribution >= 0.6 is 11.8 Å². The smallest absolute Gasteiger partial charge is 0.138 e. The van der Waals surface area contributed by atoms with Crippen LogP contribution in [0.15, 0.2) is 29.2 Å². The van der Waals surface area contributed by atoms with Crippen LogP contribution in [0.25, 0.3) is 0 Å². The molecule has 11 heavy (non-hydrogen) atoms. The largest absolute Gasteiger partial charge is 0.326 e. The van der Waals surface area contributed by atoms with Crippen molar-refractivity contribution in [2.24, 2.45) is 5.73 Å². The van der Waals surface area contributed by atoms with Crippen LogP contribution in [0.4, 0.5) is 0 Å². The minimum absolute atomic E-state index is 0.491. The maximum Gasteiger partial charge on any atom is 0.138 e. The SMILES string of the molecule is N#CSc1ccccc1CN. The average molecular weight is 164 g/mol. The number of nitrogens with two attached hydrogens (primary N) is 1. The fourth-order valence-electron chi connectivity index (χ4n) is 0.821. The number of nitrogens with zero attached hydrogens (tertiary/aromatic N) is 1. The Morgan fingerprint density at radius 1 is 1.45 bits per heavy atom. The first-order valence-corrected chi connectivity index (χ1v) is 4.04. The summed E-state index contributed by atoms with van der Waals surface area (Å²) in [7, 11) is 0. The van der Waals surface area contributed by atoms with Gasteiger partial charge < -0.3 is 5.73 Å². The van der Waals surface area contributed by atoms with Crippen molar-refractivity contribution in [3.05, 3.63) is 29.8 Å². The predicted octanol–water partition coefficient (Wildman–Crippen LogP) is 1.72. The number of hydrogen-bond acceptors (Lipinski definition) is 3. The Morgan fingerprint density at radius 3 is 2.82 bits per heavy atom. The van der Waals surface area contributed by atoms with E-state index in [9.17, 15) is 0 Å². The minimum atomic E-state index is 0.491. The van der Waals surface area contributed by atoms with Gasteiger partial charge in [-0.25, -0.2) is 0 Å². The Morgan fingerprint density at radius 2 is 2.18 bits per heavy atom. The lowest BCUT2D eigenvalue weighted by Gasteiger charge is -2.00. The number of nitriles is 1. The van der Waals surface area contributed by atoms with Crippen LogP contribution in [-0.2, 0) is 6.54 Å². The first kappa shape index (κ1) is 8.12. The van der Waals surface area contributed by atoms with Crippen LogP contribution in [0.2, 0.25) is 0 Å². The van der Waals surface area contributed by atoms with Gasteiger partial charge in [-0.2, -0.15) is 5.26 Å². The molecule has 1 rings (SSSR count). The van der Waals surface area contributed by atoms with Crippen molar-refractivity contribution in [1.82, 2.24) is 0 Å². The summed E-state index contributed by atoms with van der Waals surface area (Å²) in [4.78, 5) is 0.956. The zero-order valence-corrected chi connectivity index (χ0v) is 6.77. The third-order valence-electron chi connectivity index (χ3n) is 1.35. The highest BCUT2D eigenvalue weighted by Gasteiger charge is 1.97. The highest BCUT2D eigenvalue weighted by Crippen LogP contribution is 2.20. The molecule has 0 amide bonds. The maximum absolute atomic E-state index is 8.41. The van der Waals surface area contributed by atoms with Crippen LogP contribution < -0.4 is 5.73 Å². The van der Waals surface area contributed by atoms with Crippen LogP contribution in [0.1, 0.15) is 5.56 Å². The average Bonchev–Trinajstić information content (AvgIpc) is 2.06. The second-order valence-electron chi connectivity index (χ2n) is 2.01. The summed E-state index contributed by atoms with van der Waals surface area (Å²) >= 11 is 1.15. The van der Waals surface area contributed by atoms with Crippen molar-refractivity contribution >= 4 is 11.8 Å². The summed E-state index contributed by atoms with van der Waals surface area (Å²) < 4.78 is 0. The quantitative estimate of drug-likeness (QED) is 0.535. The summed E-state index contributed by atoms with van der Waals surface area (Å²) in [6, 6.07) is 7.65. The second-order valence-corrected chi connectivity index (χ2v) is 2.83. The van der Waals surface area contributed by atoms with Gasteiger partial charge in [-0.15, -0.1) is 0 Å². The van der Waals surface area contributed by atoms with Gasteiger partial charge in [-0.3, -0.25) is 0 Å². The Bertz CT molecular complexity index is 278. The van der Waals surface area contributed by atoms with Crippen molar-refractivity contribution in [3.8, 4) is 5.40 Å². The third-order valence-corrected chi connectivity index (χ3v) is 2.06. The zero-order valence-electron chi connectivity index (χ0n) is 5.95. The third kappa shape index (κ3) is 1.97. The fraction of sp³-hybridized carbons (Fsp3) is 0.125. The van der Waals surface area contributed by atoms with E-state index in [1.807, 2.05) is 29.7 Å². The molecule has 0 aliphatic heterocycles. The van der Waals surface area contributed by atoms with Crippen molar-refractivity contribution in [3.63, 3.8) is 0 Å². The van der Waals surface area contributed by atoms with Gasteiger partial charge in [0.2, 0.25) is 0 Å². The standard InChI is InChI=1S/C8H8N2S/c9-5-7-3-1-2-4-8(7)11-6-10/h1-4H,5,9H2. The van der Waals surface area contributed by atoms with Crippen molar-refractivity contribution in [1.29, 1.82) is 5.26 Å². The first-order valence-electron chi connectivity index (χ1n) is 3.22. The van der Waals surface area contributed by atoms with Crippen LogP contribution in [0.3, 0.4) is 0 Å². The Kier molecular flexibility index (Phi) is 2.96. The predicted molar refractivity (Wildman–Crippen MR) is 45.8 cm³/mol. The van der Waals surface area contributed by atoms with E-state index in [2.05, 4.69) is 0 Å². The molecule has 0 unspecified atom stereocenters. The Labute approximate surface area is 70.0 Å². The topological polar surface area (TPSA) is 49.8 Å². The van der Waals surface area contributed by atoms with Gasteiger partial charge in [0.25, 0.3) is 0 Å². The second kappa shape index (κ2) is 4.02. The van der Waals surface area contributed by atoms with Gasteiger partial charge in [0, 0.05) is 11.4 Å². The molecule has 0 aromatic heterocycles. The number of thiocyanates is 1. The molecule has 0 heterocycles. The highest BCUT2D eigenvalue weighted by molar-refractivity contribution is 8.03. The van der Waals surface area contributed by atoms with Crippen molar-refractivity contribution in [2.75, 3.05) is 0 Å². The molecule has 0 saturated carbocycles. The monoisotopic (exact) mass is 164 g/mol. The Hall–Kier alpha value is -0.980. The molecule has 0 spiro atoms. The van der Waals surface area contributed by atoms with Crippen molar-refractivity contribution < 1.29 is 0 Å². The normalized spacial score (nSPS) is 9.09. The summed E-state index contributed by atoms with van der Waals surface area (Å²) in [6.45, 7) is 0.491. The Balaban J connectivity index is 2.94. The maximum atomic E-state index is 8.41. The summed E-state index contributed by atoms with van der Waals surface area (Å²) in [5, 5.41) is 10.4. The van der Waals surface area contributed by atoms with Crippen LogP contribution in [0.5, 0.6) is 0 Å². The lowest BCUT2D eigenvalue weighted by Crippen LogP contribution is -1.97. The molecule has 0 atom stereocenters. The highest BCUT2D eigenvalue weighted by atomic mass is 32.2. The summed E-state index contributed by atoms with van der Waals surface area (Å²) in [5.74, 6) is 0. The van der Waals surface area contributed by atoms with E-state index in [1.165, 1.54) is 0 Å². The van der Waals surface area contributed by atoms with E-state index in [0.29, 0.717) is 6.54 Å². The van der Waals surface area contributed by atoms with Gasteiger partial charge in [-0.1, -0.05) is 18.2 Å². The minimum Gasteiger partial charge on any atom is -0.326 e. The fourth-order valence-corrected chi connectivity index (χ4v) is 1.35.